The van der Waals surface area contributed by atoms with Crippen LogP contribution in [0.2, 0.25) is 0 Å². The van der Waals surface area contributed by atoms with Crippen LogP contribution in [-0.4, -0.2) is 30.5 Å². The minimum absolute atomic E-state index is 0.0609. The number of nitrogens with zero attached hydrogens (tertiary/aromatic N) is 2. The number of nitro benzene ring substituents is 1. The summed E-state index contributed by atoms with van der Waals surface area (Å²) >= 11 is 0. The van der Waals surface area contributed by atoms with E-state index in [1.54, 1.807) is 6.07 Å². The smallest absolute Gasteiger partial charge is 0.343 e. The maximum Gasteiger partial charge on any atom is 0.343 e. The molecule has 0 saturated heterocycles. The van der Waals surface area contributed by atoms with Crippen LogP contribution in [0.25, 0.3) is 6.08 Å². The third-order valence-electron chi connectivity index (χ3n) is 4.51. The normalized spacial score (nSPS) is 10.8. The third-order valence-corrected chi connectivity index (χ3v) is 4.51. The Morgan fingerprint density at radius 2 is 1.97 bits per heavy atom. The Morgan fingerprint density at radius 3 is 2.56 bits per heavy atom. The number of nitrogens with one attached hydrogen (secondary N) is 1. The van der Waals surface area contributed by atoms with Gasteiger partial charge in [-0.1, -0.05) is 19.4 Å². The highest BCUT2D eigenvalue weighted by molar-refractivity contribution is 6.01. The summed E-state index contributed by atoms with van der Waals surface area (Å²) in [6.45, 7) is 4.01. The van der Waals surface area contributed by atoms with Crippen LogP contribution in [0, 0.1) is 28.4 Å². The fourth-order valence-electron chi connectivity index (χ4n) is 2.79. The Hall–Kier alpha value is -4.19. The first-order chi connectivity index (χ1) is 15.3. The Balaban J connectivity index is 2.22. The number of hydrogen-bond donors (Lipinski definition) is 1. The second-order valence-electron chi connectivity index (χ2n) is 6.84. The molecule has 166 valence electrons. The van der Waals surface area contributed by atoms with Crippen molar-refractivity contribution in [1.82, 2.24) is 5.32 Å². The van der Waals surface area contributed by atoms with Gasteiger partial charge >= 0.3 is 5.97 Å². The van der Waals surface area contributed by atoms with Crippen LogP contribution in [0.4, 0.5) is 5.69 Å². The van der Waals surface area contributed by atoms with Gasteiger partial charge in [-0.05, 0) is 49.2 Å². The molecule has 2 aromatic rings. The highest BCUT2D eigenvalue weighted by Gasteiger charge is 2.17. The van der Waals surface area contributed by atoms with E-state index in [-0.39, 0.29) is 28.3 Å². The van der Waals surface area contributed by atoms with E-state index in [4.69, 9.17) is 9.47 Å². The Morgan fingerprint density at radius 1 is 1.22 bits per heavy atom. The predicted molar refractivity (Wildman–Crippen MR) is 117 cm³/mol. The van der Waals surface area contributed by atoms with E-state index in [9.17, 15) is 25.0 Å². The van der Waals surface area contributed by atoms with Crippen molar-refractivity contribution < 1.29 is 24.0 Å². The lowest BCUT2D eigenvalue weighted by Crippen LogP contribution is -2.25. The topological polar surface area (TPSA) is 132 Å². The molecule has 0 fully saturated rings. The number of carbonyl (C=O) groups excluding carboxylic acids is 2. The number of esters is 1. The second-order valence-corrected chi connectivity index (χ2v) is 6.84. The van der Waals surface area contributed by atoms with E-state index in [2.05, 4.69) is 5.32 Å². The molecule has 9 heteroatoms. The van der Waals surface area contributed by atoms with E-state index >= 15 is 0 Å². The molecule has 0 aromatic heterocycles. The van der Waals surface area contributed by atoms with Gasteiger partial charge in [0.25, 0.3) is 11.6 Å². The molecule has 0 aliphatic rings. The van der Waals surface area contributed by atoms with Crippen molar-refractivity contribution in [2.45, 2.75) is 26.7 Å². The number of methoxy groups -OCH3 is 1. The van der Waals surface area contributed by atoms with Crippen LogP contribution in [0.1, 0.15) is 41.3 Å². The third kappa shape index (κ3) is 6.15. The van der Waals surface area contributed by atoms with Gasteiger partial charge in [0.2, 0.25) is 0 Å². The summed E-state index contributed by atoms with van der Waals surface area (Å²) in [6.07, 6.45) is 3.14. The van der Waals surface area contributed by atoms with Crippen LogP contribution in [0.3, 0.4) is 0 Å². The standard InChI is InChI=1S/C23H23N3O6/c1-4-5-10-25-22(27)18(14-24)12-16-6-9-20(21(13-16)31-3)32-23(28)17-7-8-19(26(29)30)15(2)11-17/h6-9,11-13H,4-5,10H2,1-3H3,(H,25,27)/b18-12+. The van der Waals surface area contributed by atoms with Crippen molar-refractivity contribution in [1.29, 1.82) is 5.26 Å². The molecule has 9 nitrogen and oxygen atoms in total. The van der Waals surface area contributed by atoms with E-state index in [0.29, 0.717) is 17.7 Å². The zero-order valence-corrected chi connectivity index (χ0v) is 18.0. The SMILES string of the molecule is CCCCNC(=O)/C(C#N)=C/c1ccc(OC(=O)c2ccc([N+](=O)[O-])c(C)c2)c(OC)c1. The van der Waals surface area contributed by atoms with Gasteiger partial charge in [-0.3, -0.25) is 14.9 Å². The lowest BCUT2D eigenvalue weighted by atomic mass is 10.1. The summed E-state index contributed by atoms with van der Waals surface area (Å²) in [7, 11) is 1.39. The number of nitriles is 1. The largest absolute Gasteiger partial charge is 0.493 e. The van der Waals surface area contributed by atoms with Gasteiger partial charge in [-0.15, -0.1) is 0 Å². The van der Waals surface area contributed by atoms with Crippen LogP contribution < -0.4 is 14.8 Å². The molecule has 2 rings (SSSR count). The molecule has 0 aliphatic carbocycles. The highest BCUT2D eigenvalue weighted by atomic mass is 16.6. The molecule has 0 unspecified atom stereocenters. The maximum atomic E-state index is 12.5. The first kappa shape index (κ1) is 24.1. The quantitative estimate of drug-likeness (QED) is 0.119. The van der Waals surface area contributed by atoms with Gasteiger partial charge in [0, 0.05) is 18.2 Å². The van der Waals surface area contributed by atoms with Gasteiger partial charge in [0.15, 0.2) is 11.5 Å². The zero-order chi connectivity index (χ0) is 23.7. The molecular weight excluding hydrogens is 414 g/mol. The highest BCUT2D eigenvalue weighted by Crippen LogP contribution is 2.30. The minimum Gasteiger partial charge on any atom is -0.493 e. The van der Waals surface area contributed by atoms with Gasteiger partial charge in [0.1, 0.15) is 11.6 Å². The molecule has 0 radical (unpaired) electrons. The lowest BCUT2D eigenvalue weighted by Gasteiger charge is -2.11. The summed E-state index contributed by atoms with van der Waals surface area (Å²) in [5.41, 5.74) is 0.833. The molecule has 1 amide bonds. The number of benzene rings is 2. The number of unbranched alkanes of at least 4 members (excludes halogenated alkanes) is 1. The number of amides is 1. The lowest BCUT2D eigenvalue weighted by molar-refractivity contribution is -0.385. The predicted octanol–water partition coefficient (Wildman–Crippen LogP) is 3.95. The first-order valence-electron chi connectivity index (χ1n) is 9.86. The Labute approximate surface area is 185 Å². The number of carbonyl (C=O) groups is 2. The van der Waals surface area contributed by atoms with E-state index < -0.39 is 16.8 Å². The summed E-state index contributed by atoms with van der Waals surface area (Å²) in [4.78, 5) is 35.0. The van der Waals surface area contributed by atoms with Crippen molar-refractivity contribution in [3.8, 4) is 17.6 Å². The molecular formula is C23H23N3O6. The molecule has 0 bridgehead atoms. The van der Waals surface area contributed by atoms with Gasteiger partial charge in [-0.25, -0.2) is 4.79 Å². The molecule has 0 atom stereocenters. The molecule has 1 N–H and O–H groups in total. The van der Waals surface area contributed by atoms with Gasteiger partial charge in [0.05, 0.1) is 17.6 Å². The zero-order valence-electron chi connectivity index (χ0n) is 18.0. The van der Waals surface area contributed by atoms with Crippen molar-refractivity contribution in [3.63, 3.8) is 0 Å². The monoisotopic (exact) mass is 437 g/mol. The van der Waals surface area contributed by atoms with Crippen LogP contribution in [0.5, 0.6) is 11.5 Å². The minimum atomic E-state index is -0.711. The van der Waals surface area contributed by atoms with E-state index in [1.165, 1.54) is 50.4 Å². The molecule has 2 aromatic carbocycles. The summed E-state index contributed by atoms with van der Waals surface area (Å²) < 4.78 is 10.7. The fraction of sp³-hybridized carbons (Fsp3) is 0.261. The van der Waals surface area contributed by atoms with Crippen molar-refractivity contribution >= 4 is 23.6 Å². The van der Waals surface area contributed by atoms with Gasteiger partial charge in [-0.2, -0.15) is 5.26 Å². The van der Waals surface area contributed by atoms with Gasteiger partial charge < -0.3 is 14.8 Å². The fourth-order valence-corrected chi connectivity index (χ4v) is 2.79. The Bertz CT molecular complexity index is 1100. The Kier molecular flexibility index (Phi) is 8.48. The van der Waals surface area contributed by atoms with E-state index in [0.717, 1.165) is 12.8 Å². The summed E-state index contributed by atoms with van der Waals surface area (Å²) in [5.74, 6) is -0.840. The number of rotatable bonds is 9. The van der Waals surface area contributed by atoms with Crippen molar-refractivity contribution in [3.05, 3.63) is 68.8 Å². The molecule has 0 aliphatic heterocycles. The molecule has 32 heavy (non-hydrogen) atoms. The van der Waals surface area contributed by atoms with Crippen LogP contribution in [0.15, 0.2) is 42.0 Å². The summed E-state index contributed by atoms with van der Waals surface area (Å²) in [5, 5.41) is 22.9. The average Bonchev–Trinajstić information content (AvgIpc) is 2.77. The van der Waals surface area contributed by atoms with Crippen molar-refractivity contribution in [2.75, 3.05) is 13.7 Å². The van der Waals surface area contributed by atoms with Crippen LogP contribution in [-0.2, 0) is 4.79 Å². The molecule has 0 spiro atoms. The molecule has 0 heterocycles. The van der Waals surface area contributed by atoms with Crippen LogP contribution >= 0.6 is 0 Å². The number of ether oxygens (including phenoxy) is 2. The summed E-state index contributed by atoms with van der Waals surface area (Å²) in [6, 6.07) is 10.4. The number of hydrogen-bond acceptors (Lipinski definition) is 7. The van der Waals surface area contributed by atoms with E-state index in [1.807, 2.05) is 13.0 Å². The number of nitro groups is 1. The number of aryl methyl sites for hydroxylation is 1. The molecule has 0 saturated carbocycles. The maximum absolute atomic E-state index is 12.5. The first-order valence-corrected chi connectivity index (χ1v) is 9.86. The second kappa shape index (κ2) is 11.3. The van der Waals surface area contributed by atoms with Crippen molar-refractivity contribution in [2.24, 2.45) is 0 Å². The average molecular weight is 437 g/mol.